The van der Waals surface area contributed by atoms with Gasteiger partial charge in [-0.2, -0.15) is 0 Å². The van der Waals surface area contributed by atoms with Gasteiger partial charge >= 0.3 is 0 Å². The van der Waals surface area contributed by atoms with Crippen LogP contribution in [0.2, 0.25) is 5.02 Å². The van der Waals surface area contributed by atoms with Gasteiger partial charge in [0.1, 0.15) is 0 Å². The number of benzene rings is 1. The molecule has 0 bridgehead atoms. The Bertz CT molecular complexity index is 420. The third-order valence-corrected chi connectivity index (χ3v) is 3.80. The minimum absolute atomic E-state index is 0.866. The topological polar surface area (TPSA) is 0 Å². The molecule has 1 aromatic heterocycles. The van der Waals surface area contributed by atoms with Gasteiger partial charge in [-0.1, -0.05) is 41.4 Å². The highest BCUT2D eigenvalue weighted by Gasteiger charge is 2.04. The van der Waals surface area contributed by atoms with Crippen molar-refractivity contribution in [3.63, 3.8) is 0 Å². The summed E-state index contributed by atoms with van der Waals surface area (Å²) >= 11 is 7.76. The molecule has 2 heteroatoms. The van der Waals surface area contributed by atoms with Crippen LogP contribution in [0.1, 0.15) is 10.4 Å². The lowest BCUT2D eigenvalue weighted by atomic mass is 10.1. The lowest BCUT2D eigenvalue weighted by Crippen LogP contribution is -1.72. The normalized spacial score (nSPS) is 10.5. The summed E-state index contributed by atoms with van der Waals surface area (Å²) in [5.74, 6) is 0. The minimum atomic E-state index is 0.866. The van der Waals surface area contributed by atoms with E-state index >= 15 is 0 Å². The molecule has 0 aliphatic heterocycles. The van der Waals surface area contributed by atoms with Crippen molar-refractivity contribution in [1.29, 1.82) is 0 Å². The molecule has 0 spiro atoms. The van der Waals surface area contributed by atoms with Crippen molar-refractivity contribution < 1.29 is 0 Å². The SMILES string of the molecule is Cc1ccc(-c2cc(Cl)c(C)s2)cc1. The highest BCUT2D eigenvalue weighted by molar-refractivity contribution is 7.16. The van der Waals surface area contributed by atoms with Gasteiger partial charge in [0.15, 0.2) is 0 Å². The van der Waals surface area contributed by atoms with Gasteiger partial charge in [-0.15, -0.1) is 11.3 Å². The van der Waals surface area contributed by atoms with E-state index in [4.69, 9.17) is 11.6 Å². The molecule has 0 radical (unpaired) electrons. The molecule has 0 N–H and O–H groups in total. The zero-order valence-corrected chi connectivity index (χ0v) is 9.75. The van der Waals surface area contributed by atoms with E-state index in [9.17, 15) is 0 Å². The van der Waals surface area contributed by atoms with Crippen LogP contribution in [0.15, 0.2) is 30.3 Å². The number of rotatable bonds is 1. The molecule has 14 heavy (non-hydrogen) atoms. The number of thiophene rings is 1. The molecule has 0 atom stereocenters. The van der Waals surface area contributed by atoms with E-state index in [1.165, 1.54) is 20.9 Å². The summed E-state index contributed by atoms with van der Waals surface area (Å²) in [5.41, 5.74) is 2.53. The van der Waals surface area contributed by atoms with Gasteiger partial charge in [0.25, 0.3) is 0 Å². The third kappa shape index (κ3) is 1.84. The van der Waals surface area contributed by atoms with Crippen LogP contribution >= 0.6 is 22.9 Å². The molecule has 0 unspecified atom stereocenters. The quantitative estimate of drug-likeness (QED) is 0.657. The maximum absolute atomic E-state index is 6.02. The summed E-state index contributed by atoms with van der Waals surface area (Å²) in [6.07, 6.45) is 0. The van der Waals surface area contributed by atoms with Crippen molar-refractivity contribution >= 4 is 22.9 Å². The van der Waals surface area contributed by atoms with Crippen molar-refractivity contribution in [3.05, 3.63) is 45.8 Å². The fourth-order valence-electron chi connectivity index (χ4n) is 1.32. The second kappa shape index (κ2) is 3.76. The summed E-state index contributed by atoms with van der Waals surface area (Å²) in [4.78, 5) is 2.43. The van der Waals surface area contributed by atoms with Gasteiger partial charge in [-0.3, -0.25) is 0 Å². The van der Waals surface area contributed by atoms with E-state index in [2.05, 4.69) is 31.2 Å². The molecule has 0 fully saturated rings. The van der Waals surface area contributed by atoms with Crippen LogP contribution in [0.25, 0.3) is 10.4 Å². The van der Waals surface area contributed by atoms with Crippen molar-refractivity contribution in [2.45, 2.75) is 13.8 Å². The zero-order valence-electron chi connectivity index (χ0n) is 8.17. The first-order valence-electron chi connectivity index (χ1n) is 4.50. The van der Waals surface area contributed by atoms with Crippen molar-refractivity contribution in [3.8, 4) is 10.4 Å². The third-order valence-electron chi connectivity index (χ3n) is 2.19. The second-order valence-electron chi connectivity index (χ2n) is 3.38. The van der Waals surface area contributed by atoms with E-state index in [1.54, 1.807) is 11.3 Å². The monoisotopic (exact) mass is 222 g/mol. The van der Waals surface area contributed by atoms with Crippen LogP contribution in [-0.2, 0) is 0 Å². The Hall–Kier alpha value is -0.790. The smallest absolute Gasteiger partial charge is 0.0548 e. The first kappa shape index (κ1) is 9.75. The molecule has 1 aromatic carbocycles. The van der Waals surface area contributed by atoms with Crippen LogP contribution in [0, 0.1) is 13.8 Å². The molecular weight excluding hydrogens is 212 g/mol. The highest BCUT2D eigenvalue weighted by atomic mass is 35.5. The Morgan fingerprint density at radius 1 is 1.07 bits per heavy atom. The molecule has 0 saturated heterocycles. The molecule has 0 amide bonds. The van der Waals surface area contributed by atoms with Crippen LogP contribution in [0.3, 0.4) is 0 Å². The van der Waals surface area contributed by atoms with Gasteiger partial charge in [0.2, 0.25) is 0 Å². The molecule has 0 aliphatic carbocycles. The van der Waals surface area contributed by atoms with Crippen LogP contribution in [0.4, 0.5) is 0 Å². The Morgan fingerprint density at radius 3 is 2.21 bits per heavy atom. The van der Waals surface area contributed by atoms with Gasteiger partial charge in [0, 0.05) is 9.75 Å². The van der Waals surface area contributed by atoms with E-state index in [0.29, 0.717) is 0 Å². The largest absolute Gasteiger partial charge is 0.139 e. The average molecular weight is 223 g/mol. The number of halogens is 1. The molecule has 0 aliphatic rings. The molecule has 0 nitrogen and oxygen atoms in total. The number of hydrogen-bond donors (Lipinski definition) is 0. The standard InChI is InChI=1S/C12H11ClS/c1-8-3-5-10(6-4-8)12-7-11(13)9(2)14-12/h3-7H,1-2H3. The summed E-state index contributed by atoms with van der Waals surface area (Å²) in [5, 5.41) is 0.866. The highest BCUT2D eigenvalue weighted by Crippen LogP contribution is 2.33. The van der Waals surface area contributed by atoms with Crippen molar-refractivity contribution in [2.75, 3.05) is 0 Å². The maximum Gasteiger partial charge on any atom is 0.0548 e. The average Bonchev–Trinajstić information content (AvgIpc) is 2.48. The fraction of sp³-hybridized carbons (Fsp3) is 0.167. The molecule has 2 rings (SSSR count). The lowest BCUT2D eigenvalue weighted by Gasteiger charge is -1.97. The Morgan fingerprint density at radius 2 is 1.71 bits per heavy atom. The molecular formula is C12H11ClS. The predicted molar refractivity (Wildman–Crippen MR) is 64.2 cm³/mol. The van der Waals surface area contributed by atoms with Crippen molar-refractivity contribution in [2.24, 2.45) is 0 Å². The number of aryl methyl sites for hydroxylation is 2. The van der Waals surface area contributed by atoms with Gasteiger partial charge < -0.3 is 0 Å². The van der Waals surface area contributed by atoms with Crippen LogP contribution in [-0.4, -0.2) is 0 Å². The molecule has 2 aromatic rings. The lowest BCUT2D eigenvalue weighted by molar-refractivity contribution is 1.48. The Kier molecular flexibility index (Phi) is 2.62. The molecule has 1 heterocycles. The Balaban J connectivity index is 2.44. The van der Waals surface area contributed by atoms with Crippen LogP contribution < -0.4 is 0 Å². The van der Waals surface area contributed by atoms with E-state index in [0.717, 1.165) is 5.02 Å². The van der Waals surface area contributed by atoms with Crippen LogP contribution in [0.5, 0.6) is 0 Å². The second-order valence-corrected chi connectivity index (χ2v) is 5.04. The maximum atomic E-state index is 6.02. The molecule has 0 saturated carbocycles. The Labute approximate surface area is 93.2 Å². The summed E-state index contributed by atoms with van der Waals surface area (Å²) in [6, 6.07) is 10.6. The zero-order chi connectivity index (χ0) is 10.1. The minimum Gasteiger partial charge on any atom is -0.139 e. The fourth-order valence-corrected chi connectivity index (χ4v) is 2.53. The predicted octanol–water partition coefficient (Wildman–Crippen LogP) is 4.69. The number of hydrogen-bond acceptors (Lipinski definition) is 1. The van der Waals surface area contributed by atoms with E-state index in [-0.39, 0.29) is 0 Å². The summed E-state index contributed by atoms with van der Waals surface area (Å²) in [7, 11) is 0. The van der Waals surface area contributed by atoms with Gasteiger partial charge in [0.05, 0.1) is 5.02 Å². The molecule has 72 valence electrons. The first-order valence-corrected chi connectivity index (χ1v) is 5.69. The van der Waals surface area contributed by atoms with Gasteiger partial charge in [-0.25, -0.2) is 0 Å². The van der Waals surface area contributed by atoms with E-state index in [1.807, 2.05) is 13.0 Å². The summed E-state index contributed by atoms with van der Waals surface area (Å²) < 4.78 is 0. The summed E-state index contributed by atoms with van der Waals surface area (Å²) in [6.45, 7) is 4.14. The van der Waals surface area contributed by atoms with Crippen molar-refractivity contribution in [1.82, 2.24) is 0 Å². The van der Waals surface area contributed by atoms with Gasteiger partial charge in [-0.05, 0) is 25.5 Å². The first-order chi connectivity index (χ1) is 6.66. The van der Waals surface area contributed by atoms with E-state index < -0.39 is 0 Å².